The Labute approximate surface area is 182 Å². The number of nitrogens with one attached hydrogen (secondary N) is 1. The highest BCUT2D eigenvalue weighted by atomic mass is 35.5. The second-order valence-electron chi connectivity index (χ2n) is 6.55. The van der Waals surface area contributed by atoms with Crippen molar-refractivity contribution in [2.45, 2.75) is 6.42 Å². The van der Waals surface area contributed by atoms with Crippen LogP contribution < -0.4 is 10.2 Å². The zero-order chi connectivity index (χ0) is 21.6. The van der Waals surface area contributed by atoms with Gasteiger partial charge in [-0.1, -0.05) is 60.7 Å². The zero-order valence-corrected chi connectivity index (χ0v) is 16.9. The summed E-state index contributed by atoms with van der Waals surface area (Å²) in [6.07, 6.45) is 2.59. The molecule has 1 aromatic heterocycles. The summed E-state index contributed by atoms with van der Waals surface area (Å²) in [4.78, 5) is 19.6. The van der Waals surface area contributed by atoms with E-state index in [0.717, 1.165) is 22.5 Å². The molecule has 0 aliphatic carbocycles. The molecule has 31 heavy (non-hydrogen) atoms. The maximum atomic E-state index is 14.1. The van der Waals surface area contributed by atoms with Gasteiger partial charge in [0, 0.05) is 5.56 Å². The van der Waals surface area contributed by atoms with E-state index >= 15 is 0 Å². The molecule has 1 amide bonds. The maximum absolute atomic E-state index is 14.1. The number of benzene rings is 3. The van der Waals surface area contributed by atoms with Crippen molar-refractivity contribution in [1.29, 1.82) is 0 Å². The van der Waals surface area contributed by atoms with E-state index in [0.29, 0.717) is 11.3 Å². The van der Waals surface area contributed by atoms with E-state index in [9.17, 15) is 9.18 Å². The lowest BCUT2D eigenvalue weighted by molar-refractivity contribution is -0.120. The number of nitrogens with zero attached hydrogens (tertiary/aromatic N) is 3. The summed E-state index contributed by atoms with van der Waals surface area (Å²) in [5.74, 6) is -1.03. The largest absolute Gasteiger partial charge is 0.436 e. The number of hydrogen-bond acceptors (Lipinski definition) is 5. The summed E-state index contributed by atoms with van der Waals surface area (Å²) in [6.45, 7) is 0. The maximum Gasteiger partial charge on any atom is 0.260 e. The summed E-state index contributed by atoms with van der Waals surface area (Å²) in [5.41, 5.74) is 3.93. The van der Waals surface area contributed by atoms with Gasteiger partial charge < -0.3 is 4.74 Å². The molecule has 0 saturated carbocycles. The lowest BCUT2D eigenvalue weighted by Gasteiger charge is -2.11. The van der Waals surface area contributed by atoms with Crippen molar-refractivity contribution < 1.29 is 13.9 Å². The smallest absolute Gasteiger partial charge is 0.260 e. The van der Waals surface area contributed by atoms with Crippen molar-refractivity contribution in [2.75, 3.05) is 0 Å². The number of fused-ring (bicyclic) bond motifs is 1. The van der Waals surface area contributed by atoms with Crippen LogP contribution in [0.3, 0.4) is 0 Å². The van der Waals surface area contributed by atoms with Crippen LogP contribution >= 0.6 is 11.6 Å². The standard InChI is InChI=1S/C23H16ClFN4O2/c24-23-26-14-19(25)22(28-23)31-20-11-10-16-8-4-5-9-17(16)18(20)13-27-29-21(30)12-15-6-2-1-3-7-15/h1-11,13-14H,12H2,(H,29,30)/b27-13-. The van der Waals surface area contributed by atoms with E-state index in [1.165, 1.54) is 6.21 Å². The molecule has 1 heterocycles. The van der Waals surface area contributed by atoms with Gasteiger partial charge in [-0.15, -0.1) is 0 Å². The average Bonchev–Trinajstić information content (AvgIpc) is 2.78. The van der Waals surface area contributed by atoms with Gasteiger partial charge in [0.05, 0.1) is 18.8 Å². The van der Waals surface area contributed by atoms with Gasteiger partial charge >= 0.3 is 0 Å². The van der Waals surface area contributed by atoms with E-state index in [4.69, 9.17) is 16.3 Å². The summed E-state index contributed by atoms with van der Waals surface area (Å²) >= 11 is 5.76. The molecular formula is C23H16ClFN4O2. The van der Waals surface area contributed by atoms with Crippen molar-refractivity contribution >= 4 is 34.5 Å². The average molecular weight is 435 g/mol. The molecule has 0 aliphatic rings. The van der Waals surface area contributed by atoms with Crippen molar-refractivity contribution in [3.05, 3.63) is 95.2 Å². The first-order chi connectivity index (χ1) is 15.1. The van der Waals surface area contributed by atoms with E-state index < -0.39 is 5.82 Å². The van der Waals surface area contributed by atoms with Crippen LogP contribution in [0.1, 0.15) is 11.1 Å². The molecule has 154 valence electrons. The SMILES string of the molecule is O=C(Cc1ccccc1)N/N=C\c1c(Oc2nc(Cl)ncc2F)ccc2ccccc12. The predicted molar refractivity (Wildman–Crippen MR) is 117 cm³/mol. The third-order valence-electron chi connectivity index (χ3n) is 4.41. The summed E-state index contributed by atoms with van der Waals surface area (Å²) in [7, 11) is 0. The number of ether oxygens (including phenoxy) is 1. The number of amides is 1. The summed E-state index contributed by atoms with van der Waals surface area (Å²) in [6, 6.07) is 20.4. The number of aromatic nitrogens is 2. The number of hydrazone groups is 1. The Morgan fingerprint density at radius 2 is 1.87 bits per heavy atom. The van der Waals surface area contributed by atoms with Crippen LogP contribution in [0.4, 0.5) is 4.39 Å². The topological polar surface area (TPSA) is 76.5 Å². The predicted octanol–water partition coefficient (Wildman–Crippen LogP) is 4.91. The van der Waals surface area contributed by atoms with Crippen molar-refractivity contribution in [3.63, 3.8) is 0 Å². The van der Waals surface area contributed by atoms with Gasteiger partial charge in [0.15, 0.2) is 0 Å². The van der Waals surface area contributed by atoms with E-state index in [1.54, 1.807) is 6.07 Å². The molecule has 0 unspecified atom stereocenters. The molecule has 0 spiro atoms. The molecule has 4 aromatic rings. The van der Waals surface area contributed by atoms with Gasteiger partial charge in [0.25, 0.3) is 5.88 Å². The third-order valence-corrected chi connectivity index (χ3v) is 4.59. The molecule has 0 bridgehead atoms. The van der Waals surface area contributed by atoms with E-state index in [2.05, 4.69) is 20.5 Å². The molecule has 0 radical (unpaired) electrons. The zero-order valence-electron chi connectivity index (χ0n) is 16.1. The van der Waals surface area contributed by atoms with Crippen molar-refractivity contribution in [2.24, 2.45) is 5.10 Å². The third kappa shape index (κ3) is 5.02. The summed E-state index contributed by atoms with van der Waals surface area (Å²) in [5, 5.41) is 5.67. The highest BCUT2D eigenvalue weighted by Crippen LogP contribution is 2.31. The van der Waals surface area contributed by atoms with Crippen molar-refractivity contribution in [3.8, 4) is 11.6 Å². The fourth-order valence-electron chi connectivity index (χ4n) is 2.99. The summed E-state index contributed by atoms with van der Waals surface area (Å²) < 4.78 is 19.7. The van der Waals surface area contributed by atoms with Crippen LogP contribution in [-0.4, -0.2) is 22.1 Å². The molecule has 6 nitrogen and oxygen atoms in total. The highest BCUT2D eigenvalue weighted by molar-refractivity contribution is 6.28. The lowest BCUT2D eigenvalue weighted by Crippen LogP contribution is -2.19. The van der Waals surface area contributed by atoms with Crippen LogP contribution in [0.25, 0.3) is 10.8 Å². The quantitative estimate of drug-likeness (QED) is 0.266. The molecule has 3 aromatic carbocycles. The van der Waals surface area contributed by atoms with Gasteiger partial charge in [-0.05, 0) is 34.0 Å². The number of carbonyl (C=O) groups excluding carboxylic acids is 1. The molecule has 0 aliphatic heterocycles. The Morgan fingerprint density at radius 3 is 2.71 bits per heavy atom. The minimum atomic E-state index is -0.753. The molecule has 0 atom stereocenters. The Kier molecular flexibility index (Phi) is 6.14. The molecule has 0 saturated heterocycles. The lowest BCUT2D eigenvalue weighted by atomic mass is 10.0. The molecular weight excluding hydrogens is 419 g/mol. The second kappa shape index (κ2) is 9.32. The molecule has 8 heteroatoms. The molecule has 1 N–H and O–H groups in total. The fraction of sp³-hybridized carbons (Fsp3) is 0.0435. The first-order valence-corrected chi connectivity index (χ1v) is 9.71. The highest BCUT2D eigenvalue weighted by Gasteiger charge is 2.13. The fourth-order valence-corrected chi connectivity index (χ4v) is 3.12. The minimum absolute atomic E-state index is 0.138. The number of hydrogen-bond donors (Lipinski definition) is 1. The normalized spacial score (nSPS) is 11.0. The van der Waals surface area contributed by atoms with Gasteiger partial charge in [-0.2, -0.15) is 14.5 Å². The van der Waals surface area contributed by atoms with Crippen LogP contribution in [0, 0.1) is 5.82 Å². The van der Waals surface area contributed by atoms with Gasteiger partial charge in [-0.25, -0.2) is 10.4 Å². The van der Waals surface area contributed by atoms with Crippen LogP contribution in [0.15, 0.2) is 78.0 Å². The number of halogens is 2. The van der Waals surface area contributed by atoms with Gasteiger partial charge in [0.1, 0.15) is 5.75 Å². The Hall–Kier alpha value is -3.84. The van der Waals surface area contributed by atoms with Gasteiger partial charge in [0.2, 0.25) is 17.0 Å². The van der Waals surface area contributed by atoms with Crippen LogP contribution in [0.2, 0.25) is 5.28 Å². The monoisotopic (exact) mass is 434 g/mol. The van der Waals surface area contributed by atoms with E-state index in [-0.39, 0.29) is 23.5 Å². The van der Waals surface area contributed by atoms with E-state index in [1.807, 2.05) is 60.7 Å². The number of rotatable bonds is 6. The minimum Gasteiger partial charge on any atom is -0.436 e. The molecule has 0 fully saturated rings. The number of carbonyl (C=O) groups is 1. The van der Waals surface area contributed by atoms with Gasteiger partial charge in [-0.3, -0.25) is 4.79 Å². The Morgan fingerprint density at radius 1 is 1.10 bits per heavy atom. The van der Waals surface area contributed by atoms with Crippen molar-refractivity contribution in [1.82, 2.24) is 15.4 Å². The second-order valence-corrected chi connectivity index (χ2v) is 6.89. The molecule has 4 rings (SSSR count). The Bertz CT molecular complexity index is 1270. The van der Waals surface area contributed by atoms with Crippen LogP contribution in [-0.2, 0) is 11.2 Å². The first kappa shape index (κ1) is 20.4. The van der Waals surface area contributed by atoms with Crippen LogP contribution in [0.5, 0.6) is 11.6 Å². The Balaban J connectivity index is 1.61. The first-order valence-electron chi connectivity index (χ1n) is 9.33.